The molecule has 0 radical (unpaired) electrons. The van der Waals surface area contributed by atoms with Gasteiger partial charge in [-0.2, -0.15) is 5.26 Å². The zero-order valence-electron chi connectivity index (χ0n) is 9.97. The van der Waals surface area contributed by atoms with Crippen LogP contribution in [-0.4, -0.2) is 0 Å². The first kappa shape index (κ1) is 13.0. The van der Waals surface area contributed by atoms with Crippen molar-refractivity contribution < 1.29 is 13.2 Å². The summed E-state index contributed by atoms with van der Waals surface area (Å²) in [6.45, 7) is 1.73. The number of halogens is 3. The minimum Gasteiger partial charge on any atom is -0.353 e. The van der Waals surface area contributed by atoms with Gasteiger partial charge in [-0.05, 0) is 42.8 Å². The predicted octanol–water partition coefficient (Wildman–Crippen LogP) is 4.03. The number of hydrogen-bond acceptors (Lipinski definition) is 2. The molecule has 0 saturated heterocycles. The first-order chi connectivity index (χ1) is 9.02. The van der Waals surface area contributed by atoms with E-state index >= 15 is 0 Å². The van der Waals surface area contributed by atoms with Crippen molar-refractivity contribution in [2.75, 3.05) is 5.32 Å². The van der Waals surface area contributed by atoms with Gasteiger partial charge in [0.15, 0.2) is 17.5 Å². The molecular formula is C14H9F3N2. The highest BCUT2D eigenvalue weighted by molar-refractivity contribution is 5.62. The third kappa shape index (κ3) is 2.52. The molecule has 1 N–H and O–H groups in total. The molecule has 2 aromatic rings. The number of nitrogens with one attached hydrogen (secondary N) is 1. The SMILES string of the molecule is Cc1cc(Nc2ccc(F)c(F)c2F)ccc1C#N. The topological polar surface area (TPSA) is 35.8 Å². The van der Waals surface area contributed by atoms with Crippen molar-refractivity contribution in [2.45, 2.75) is 6.92 Å². The number of nitrogens with zero attached hydrogens (tertiary/aromatic N) is 1. The Balaban J connectivity index is 2.35. The molecule has 0 amide bonds. The molecule has 0 unspecified atom stereocenters. The molecule has 96 valence electrons. The monoisotopic (exact) mass is 262 g/mol. The van der Waals surface area contributed by atoms with Gasteiger partial charge in [0, 0.05) is 5.69 Å². The second kappa shape index (κ2) is 5.02. The van der Waals surface area contributed by atoms with Crippen LogP contribution in [0.25, 0.3) is 0 Å². The van der Waals surface area contributed by atoms with E-state index in [1.54, 1.807) is 25.1 Å². The average Bonchev–Trinajstić information content (AvgIpc) is 2.40. The van der Waals surface area contributed by atoms with E-state index in [-0.39, 0.29) is 5.69 Å². The fourth-order valence-corrected chi connectivity index (χ4v) is 1.64. The zero-order chi connectivity index (χ0) is 14.0. The van der Waals surface area contributed by atoms with Gasteiger partial charge in [-0.15, -0.1) is 0 Å². The molecule has 0 heterocycles. The van der Waals surface area contributed by atoms with Gasteiger partial charge in [0.2, 0.25) is 0 Å². The van der Waals surface area contributed by atoms with Crippen LogP contribution in [0.4, 0.5) is 24.5 Å². The number of hydrogen-bond donors (Lipinski definition) is 1. The molecule has 2 nitrogen and oxygen atoms in total. The molecule has 0 bridgehead atoms. The summed E-state index contributed by atoms with van der Waals surface area (Å²) in [6.07, 6.45) is 0. The van der Waals surface area contributed by atoms with Crippen molar-refractivity contribution in [3.05, 3.63) is 58.9 Å². The Labute approximate surface area is 108 Å². The third-order valence-corrected chi connectivity index (χ3v) is 2.66. The number of nitriles is 1. The number of anilines is 2. The first-order valence-corrected chi connectivity index (χ1v) is 5.44. The maximum absolute atomic E-state index is 13.5. The van der Waals surface area contributed by atoms with E-state index in [9.17, 15) is 13.2 Å². The van der Waals surface area contributed by atoms with Crippen LogP contribution in [0.3, 0.4) is 0 Å². The summed E-state index contributed by atoms with van der Waals surface area (Å²) in [5.41, 5.74) is 1.52. The Morgan fingerprint density at radius 2 is 1.79 bits per heavy atom. The standard InChI is InChI=1S/C14H9F3N2/c1-8-6-10(3-2-9(8)7-18)19-12-5-4-11(15)13(16)14(12)17/h2-6,19H,1H3. The molecule has 5 heteroatoms. The highest BCUT2D eigenvalue weighted by Crippen LogP contribution is 2.24. The van der Waals surface area contributed by atoms with Gasteiger partial charge < -0.3 is 5.32 Å². The smallest absolute Gasteiger partial charge is 0.196 e. The first-order valence-electron chi connectivity index (χ1n) is 5.44. The van der Waals surface area contributed by atoms with Crippen LogP contribution in [0.1, 0.15) is 11.1 Å². The normalized spacial score (nSPS) is 10.1. The molecule has 0 aliphatic carbocycles. The number of aryl methyl sites for hydroxylation is 1. The fraction of sp³-hybridized carbons (Fsp3) is 0.0714. The van der Waals surface area contributed by atoms with E-state index in [1.165, 1.54) is 0 Å². The number of benzene rings is 2. The van der Waals surface area contributed by atoms with Crippen LogP contribution in [0.5, 0.6) is 0 Å². The fourth-order valence-electron chi connectivity index (χ4n) is 1.64. The van der Waals surface area contributed by atoms with Crippen LogP contribution in [-0.2, 0) is 0 Å². The van der Waals surface area contributed by atoms with Gasteiger partial charge >= 0.3 is 0 Å². The van der Waals surface area contributed by atoms with Crippen molar-refractivity contribution in [3.63, 3.8) is 0 Å². The van der Waals surface area contributed by atoms with Gasteiger partial charge in [-0.3, -0.25) is 0 Å². The lowest BCUT2D eigenvalue weighted by molar-refractivity contribution is 0.449. The largest absolute Gasteiger partial charge is 0.353 e. The van der Waals surface area contributed by atoms with Crippen LogP contribution < -0.4 is 5.32 Å². The summed E-state index contributed by atoms with van der Waals surface area (Å²) in [7, 11) is 0. The minimum absolute atomic E-state index is 0.164. The average molecular weight is 262 g/mol. The van der Waals surface area contributed by atoms with Crippen LogP contribution >= 0.6 is 0 Å². The molecule has 0 spiro atoms. The van der Waals surface area contributed by atoms with Crippen LogP contribution in [0.2, 0.25) is 0 Å². The van der Waals surface area contributed by atoms with Crippen LogP contribution in [0.15, 0.2) is 30.3 Å². The minimum atomic E-state index is -1.52. The van der Waals surface area contributed by atoms with Gasteiger partial charge in [-0.1, -0.05) is 0 Å². The van der Waals surface area contributed by atoms with Crippen molar-refractivity contribution in [3.8, 4) is 6.07 Å². The highest BCUT2D eigenvalue weighted by atomic mass is 19.2. The van der Waals surface area contributed by atoms with Crippen molar-refractivity contribution >= 4 is 11.4 Å². The lowest BCUT2D eigenvalue weighted by Crippen LogP contribution is -1.99. The molecule has 0 fully saturated rings. The van der Waals surface area contributed by atoms with E-state index in [4.69, 9.17) is 5.26 Å². The Kier molecular flexibility index (Phi) is 3.43. The Bertz CT molecular complexity index is 675. The van der Waals surface area contributed by atoms with Gasteiger partial charge in [0.25, 0.3) is 0 Å². The second-order valence-electron chi connectivity index (χ2n) is 3.99. The molecule has 2 rings (SSSR count). The molecule has 19 heavy (non-hydrogen) atoms. The van der Waals surface area contributed by atoms with Crippen molar-refractivity contribution in [2.24, 2.45) is 0 Å². The van der Waals surface area contributed by atoms with Gasteiger partial charge in [-0.25, -0.2) is 13.2 Å². The van der Waals surface area contributed by atoms with Gasteiger partial charge in [0.05, 0.1) is 17.3 Å². The van der Waals surface area contributed by atoms with E-state index in [0.717, 1.165) is 12.1 Å². The molecule has 0 aliphatic rings. The molecule has 0 atom stereocenters. The van der Waals surface area contributed by atoms with E-state index in [1.807, 2.05) is 6.07 Å². The Morgan fingerprint density at radius 1 is 1.05 bits per heavy atom. The highest BCUT2D eigenvalue weighted by Gasteiger charge is 2.13. The molecular weight excluding hydrogens is 253 g/mol. The van der Waals surface area contributed by atoms with E-state index < -0.39 is 17.5 Å². The summed E-state index contributed by atoms with van der Waals surface area (Å²) < 4.78 is 39.3. The zero-order valence-corrected chi connectivity index (χ0v) is 9.97. The number of rotatable bonds is 2. The van der Waals surface area contributed by atoms with Crippen LogP contribution in [0, 0.1) is 35.7 Å². The molecule has 0 saturated carbocycles. The summed E-state index contributed by atoms with van der Waals surface area (Å²) in [6, 6.07) is 8.71. The maximum atomic E-state index is 13.5. The van der Waals surface area contributed by atoms with E-state index in [0.29, 0.717) is 16.8 Å². The quantitative estimate of drug-likeness (QED) is 0.829. The molecule has 0 aliphatic heterocycles. The molecule has 0 aromatic heterocycles. The van der Waals surface area contributed by atoms with Crippen molar-refractivity contribution in [1.29, 1.82) is 5.26 Å². The summed E-state index contributed by atoms with van der Waals surface area (Å²) in [4.78, 5) is 0. The summed E-state index contributed by atoms with van der Waals surface area (Å²) >= 11 is 0. The lowest BCUT2D eigenvalue weighted by Gasteiger charge is -2.09. The van der Waals surface area contributed by atoms with Gasteiger partial charge in [0.1, 0.15) is 0 Å². The van der Waals surface area contributed by atoms with E-state index in [2.05, 4.69) is 5.32 Å². The third-order valence-electron chi connectivity index (χ3n) is 2.66. The maximum Gasteiger partial charge on any atom is 0.196 e. The Hall–Kier alpha value is -2.48. The Morgan fingerprint density at radius 3 is 2.42 bits per heavy atom. The predicted molar refractivity (Wildman–Crippen MR) is 65.5 cm³/mol. The molecule has 2 aromatic carbocycles. The summed E-state index contributed by atoms with van der Waals surface area (Å²) in [5, 5.41) is 11.4. The second-order valence-corrected chi connectivity index (χ2v) is 3.99. The lowest BCUT2D eigenvalue weighted by atomic mass is 10.1. The van der Waals surface area contributed by atoms with Crippen molar-refractivity contribution in [1.82, 2.24) is 0 Å². The summed E-state index contributed by atoms with van der Waals surface area (Å²) in [5.74, 6) is -4.03.